The van der Waals surface area contributed by atoms with Crippen LogP contribution in [0.25, 0.3) is 0 Å². The van der Waals surface area contributed by atoms with Gasteiger partial charge in [0, 0.05) is 36.5 Å². The fourth-order valence-corrected chi connectivity index (χ4v) is 4.30. The highest BCUT2D eigenvalue weighted by molar-refractivity contribution is 5.92. The van der Waals surface area contributed by atoms with Crippen LogP contribution in [0, 0.1) is 5.41 Å². The third-order valence-electron chi connectivity index (χ3n) is 5.67. The van der Waals surface area contributed by atoms with Gasteiger partial charge in [-0.25, -0.2) is 0 Å². The lowest BCUT2D eigenvalue weighted by molar-refractivity contribution is -0.125. The molecule has 3 aliphatic rings. The molecular formula is C18H26N4O3. The molecule has 1 atom stereocenters. The summed E-state index contributed by atoms with van der Waals surface area (Å²) < 4.78 is 5.23. The van der Waals surface area contributed by atoms with Gasteiger partial charge in [0.05, 0.1) is 0 Å². The molecule has 1 heterocycles. The first-order valence-corrected chi connectivity index (χ1v) is 9.25. The molecule has 1 aromatic heterocycles. The lowest BCUT2D eigenvalue weighted by atomic mass is 9.52. The van der Waals surface area contributed by atoms with E-state index in [2.05, 4.69) is 15.8 Å². The fraction of sp³-hybridized carbons (Fsp3) is 0.722. The van der Waals surface area contributed by atoms with Crippen LogP contribution in [0.2, 0.25) is 0 Å². The van der Waals surface area contributed by atoms with Gasteiger partial charge in [-0.05, 0) is 50.9 Å². The molecule has 7 nitrogen and oxygen atoms in total. The summed E-state index contributed by atoms with van der Waals surface area (Å²) in [5, 5.41) is 9.97. The number of nitrogens with one attached hydrogen (secondary N) is 2. The third-order valence-corrected chi connectivity index (χ3v) is 5.67. The van der Waals surface area contributed by atoms with Gasteiger partial charge in [-0.2, -0.15) is 0 Å². The average Bonchev–Trinajstić information content (AvgIpc) is 3.19. The van der Waals surface area contributed by atoms with Crippen LogP contribution in [0.1, 0.15) is 74.0 Å². The van der Waals surface area contributed by atoms with Crippen molar-refractivity contribution in [3.05, 3.63) is 17.5 Å². The molecule has 3 aliphatic carbocycles. The second kappa shape index (κ2) is 6.12. The minimum atomic E-state index is -0.142. The van der Waals surface area contributed by atoms with E-state index < -0.39 is 0 Å². The van der Waals surface area contributed by atoms with Crippen molar-refractivity contribution >= 4 is 11.8 Å². The first-order chi connectivity index (χ1) is 11.9. The maximum absolute atomic E-state index is 12.2. The summed E-state index contributed by atoms with van der Waals surface area (Å²) in [7, 11) is 0. The predicted molar refractivity (Wildman–Crippen MR) is 90.8 cm³/mol. The Morgan fingerprint density at radius 3 is 2.52 bits per heavy atom. The van der Waals surface area contributed by atoms with E-state index in [4.69, 9.17) is 10.3 Å². The van der Waals surface area contributed by atoms with Gasteiger partial charge in [-0.1, -0.05) is 5.16 Å². The zero-order valence-electron chi connectivity index (χ0n) is 14.6. The number of hydrogen-bond acceptors (Lipinski definition) is 5. The van der Waals surface area contributed by atoms with E-state index in [9.17, 15) is 9.59 Å². The van der Waals surface area contributed by atoms with Gasteiger partial charge in [0.1, 0.15) is 5.76 Å². The topological polar surface area (TPSA) is 110 Å². The van der Waals surface area contributed by atoms with Crippen molar-refractivity contribution in [3.63, 3.8) is 0 Å². The standard InChI is InChI=1S/C18H26N4O3/c1-10(19)4-16(23)20-12-6-18(7-12)8-13(9-18)21-17(24)14-5-15(25-22-14)11-2-3-11/h5,10-13H,2-4,6-9,19H2,1H3,(H,20,23)(H,21,24)/t10-,12?,13?,18?/m0/s1. The van der Waals surface area contributed by atoms with Crippen LogP contribution < -0.4 is 16.4 Å². The summed E-state index contributed by atoms with van der Waals surface area (Å²) in [5.41, 5.74) is 6.33. The lowest BCUT2D eigenvalue weighted by Gasteiger charge is -2.57. The number of nitrogens with zero attached hydrogens (tertiary/aromatic N) is 1. The van der Waals surface area contributed by atoms with Crippen LogP contribution in [0.15, 0.2) is 10.6 Å². The Bertz CT molecular complexity index is 666. The maximum Gasteiger partial charge on any atom is 0.273 e. The van der Waals surface area contributed by atoms with E-state index in [1.54, 1.807) is 6.07 Å². The van der Waals surface area contributed by atoms with Crippen molar-refractivity contribution in [2.45, 2.75) is 75.9 Å². The summed E-state index contributed by atoms with van der Waals surface area (Å²) in [4.78, 5) is 24.0. The molecule has 3 fully saturated rings. The number of nitrogens with two attached hydrogens (primary N) is 1. The molecule has 2 amide bonds. The molecule has 0 aliphatic heterocycles. The van der Waals surface area contributed by atoms with Crippen molar-refractivity contribution in [1.29, 1.82) is 0 Å². The zero-order chi connectivity index (χ0) is 17.6. The SMILES string of the molecule is C[C@H](N)CC(=O)NC1CC2(C1)CC(NC(=O)c1cc(C3CC3)on1)C2. The van der Waals surface area contributed by atoms with E-state index in [1.165, 1.54) is 0 Å². The Hall–Kier alpha value is -1.89. The Labute approximate surface area is 147 Å². The van der Waals surface area contributed by atoms with Gasteiger partial charge in [0.2, 0.25) is 5.91 Å². The highest BCUT2D eigenvalue weighted by Crippen LogP contribution is 2.56. The van der Waals surface area contributed by atoms with Gasteiger partial charge < -0.3 is 20.9 Å². The van der Waals surface area contributed by atoms with E-state index in [1.807, 2.05) is 6.92 Å². The lowest BCUT2D eigenvalue weighted by Crippen LogP contribution is -2.61. The molecule has 0 aromatic carbocycles. The Kier molecular flexibility index (Phi) is 4.06. The molecule has 1 aromatic rings. The summed E-state index contributed by atoms with van der Waals surface area (Å²) >= 11 is 0. The van der Waals surface area contributed by atoms with Gasteiger partial charge in [-0.3, -0.25) is 9.59 Å². The van der Waals surface area contributed by atoms with E-state index in [0.717, 1.165) is 44.3 Å². The second-order valence-electron chi connectivity index (χ2n) is 8.32. The fourth-order valence-electron chi connectivity index (χ4n) is 4.30. The molecule has 0 radical (unpaired) electrons. The molecule has 4 rings (SSSR count). The Balaban J connectivity index is 1.18. The van der Waals surface area contributed by atoms with E-state index in [-0.39, 0.29) is 29.9 Å². The molecule has 136 valence electrons. The van der Waals surface area contributed by atoms with Crippen LogP contribution in [0.5, 0.6) is 0 Å². The summed E-state index contributed by atoms with van der Waals surface area (Å²) in [6.07, 6.45) is 6.59. The highest BCUT2D eigenvalue weighted by Gasteiger charge is 2.53. The second-order valence-corrected chi connectivity index (χ2v) is 8.32. The Morgan fingerprint density at radius 1 is 1.28 bits per heavy atom. The molecule has 1 spiro atoms. The van der Waals surface area contributed by atoms with Crippen molar-refractivity contribution < 1.29 is 14.1 Å². The first-order valence-electron chi connectivity index (χ1n) is 9.25. The van der Waals surface area contributed by atoms with Crippen LogP contribution in [0.3, 0.4) is 0 Å². The molecular weight excluding hydrogens is 320 g/mol. The normalized spacial score (nSPS) is 31.8. The number of carbonyl (C=O) groups excluding carboxylic acids is 2. The molecule has 0 saturated heterocycles. The van der Waals surface area contributed by atoms with Gasteiger partial charge in [-0.15, -0.1) is 0 Å². The van der Waals surface area contributed by atoms with Crippen LogP contribution >= 0.6 is 0 Å². The van der Waals surface area contributed by atoms with Crippen molar-refractivity contribution in [2.75, 3.05) is 0 Å². The zero-order valence-corrected chi connectivity index (χ0v) is 14.6. The largest absolute Gasteiger partial charge is 0.360 e. The minimum absolute atomic E-state index is 0.0384. The number of rotatable bonds is 6. The maximum atomic E-state index is 12.2. The monoisotopic (exact) mass is 346 g/mol. The minimum Gasteiger partial charge on any atom is -0.360 e. The number of carbonyl (C=O) groups is 2. The molecule has 4 N–H and O–H groups in total. The quantitative estimate of drug-likeness (QED) is 0.722. The number of aromatic nitrogens is 1. The first kappa shape index (κ1) is 16.6. The van der Waals surface area contributed by atoms with Crippen LogP contribution in [-0.2, 0) is 4.79 Å². The highest BCUT2D eigenvalue weighted by atomic mass is 16.5. The average molecular weight is 346 g/mol. The third kappa shape index (κ3) is 3.56. The summed E-state index contributed by atoms with van der Waals surface area (Å²) in [5.74, 6) is 1.19. The van der Waals surface area contributed by atoms with Gasteiger partial charge >= 0.3 is 0 Å². The summed E-state index contributed by atoms with van der Waals surface area (Å²) in [6.45, 7) is 1.84. The number of amides is 2. The van der Waals surface area contributed by atoms with Crippen molar-refractivity contribution in [1.82, 2.24) is 15.8 Å². The van der Waals surface area contributed by atoms with Gasteiger partial charge in [0.25, 0.3) is 5.91 Å². The van der Waals surface area contributed by atoms with Crippen molar-refractivity contribution in [2.24, 2.45) is 11.1 Å². The van der Waals surface area contributed by atoms with Crippen molar-refractivity contribution in [3.8, 4) is 0 Å². The molecule has 25 heavy (non-hydrogen) atoms. The summed E-state index contributed by atoms with van der Waals surface area (Å²) in [6, 6.07) is 2.14. The van der Waals surface area contributed by atoms with E-state index in [0.29, 0.717) is 23.4 Å². The number of hydrogen-bond donors (Lipinski definition) is 3. The predicted octanol–water partition coefficient (Wildman–Crippen LogP) is 1.45. The van der Waals surface area contributed by atoms with Crippen LogP contribution in [0.4, 0.5) is 0 Å². The molecule has 7 heteroatoms. The van der Waals surface area contributed by atoms with E-state index >= 15 is 0 Å². The van der Waals surface area contributed by atoms with Gasteiger partial charge in [0.15, 0.2) is 5.69 Å². The molecule has 0 bridgehead atoms. The van der Waals surface area contributed by atoms with Crippen LogP contribution in [-0.4, -0.2) is 35.1 Å². The molecule has 3 saturated carbocycles. The smallest absolute Gasteiger partial charge is 0.273 e. The Morgan fingerprint density at radius 2 is 1.92 bits per heavy atom. The molecule has 0 unspecified atom stereocenters.